The molecule has 0 saturated carbocycles. The van der Waals surface area contributed by atoms with Gasteiger partial charge in [-0.25, -0.2) is 0 Å². The van der Waals surface area contributed by atoms with E-state index in [9.17, 15) is 4.79 Å². The van der Waals surface area contributed by atoms with Gasteiger partial charge in [0.2, 0.25) is 3.79 Å². The molecule has 2 N–H and O–H groups in total. The molecule has 0 amide bonds. The predicted molar refractivity (Wildman–Crippen MR) is 45.8 cm³/mol. The van der Waals surface area contributed by atoms with Crippen LogP contribution in [0.1, 0.15) is 13.8 Å². The van der Waals surface area contributed by atoms with Crippen LogP contribution in [0, 0.1) is 0 Å². The first-order valence-electron chi connectivity index (χ1n) is 2.53. The van der Waals surface area contributed by atoms with Crippen molar-refractivity contribution in [1.82, 2.24) is 0 Å². The largest absolute Gasteiger partial charge is 0.388 e. The van der Waals surface area contributed by atoms with Gasteiger partial charge in [0.15, 0.2) is 0 Å². The van der Waals surface area contributed by atoms with Gasteiger partial charge in [-0.15, -0.1) is 0 Å². The number of aliphatic imine (C=N–C) groups is 1. The van der Waals surface area contributed by atoms with Crippen LogP contribution in [-0.4, -0.2) is 15.7 Å². The van der Waals surface area contributed by atoms with Gasteiger partial charge in [-0.05, 0) is 13.8 Å². The summed E-state index contributed by atoms with van der Waals surface area (Å²) in [6, 6.07) is -0.296. The van der Waals surface area contributed by atoms with Crippen LogP contribution >= 0.6 is 22.6 Å². The van der Waals surface area contributed by atoms with Gasteiger partial charge in [0.25, 0.3) is 0 Å². The lowest BCUT2D eigenvalue weighted by Crippen LogP contribution is -2.14. The summed E-state index contributed by atoms with van der Waals surface area (Å²) < 4.78 is 0.0115. The molecule has 1 atom stereocenters. The molecule has 0 aliphatic heterocycles. The van der Waals surface area contributed by atoms with Gasteiger partial charge >= 0.3 is 0 Å². The minimum absolute atomic E-state index is 0.0115. The van der Waals surface area contributed by atoms with Crippen LogP contribution in [0.25, 0.3) is 0 Å². The number of hydrogen-bond acceptors (Lipinski definition) is 2. The van der Waals surface area contributed by atoms with Crippen molar-refractivity contribution in [3.8, 4) is 0 Å². The Kier molecular flexibility index (Phi) is 3.76. The van der Waals surface area contributed by atoms with Gasteiger partial charge in [0.1, 0.15) is 6.04 Å². The van der Waals surface area contributed by atoms with Gasteiger partial charge in [0.05, 0.1) is 5.84 Å². The van der Waals surface area contributed by atoms with Crippen LogP contribution in [-0.2, 0) is 4.79 Å². The van der Waals surface area contributed by atoms with E-state index in [2.05, 4.69) is 4.99 Å². The molecule has 4 heteroatoms. The summed E-state index contributed by atoms with van der Waals surface area (Å²) in [5, 5.41) is 0. The average Bonchev–Trinajstić information content (AvgIpc) is 1.63. The molecule has 0 aromatic carbocycles. The highest BCUT2D eigenvalue weighted by molar-refractivity contribution is 14.1. The Labute approximate surface area is 67.9 Å². The summed E-state index contributed by atoms with van der Waals surface area (Å²) in [4.78, 5) is 14.3. The Morgan fingerprint density at radius 3 is 2.33 bits per heavy atom. The van der Waals surface area contributed by atoms with E-state index in [0.717, 1.165) is 0 Å². The Balaban J connectivity index is 3.91. The summed E-state index contributed by atoms with van der Waals surface area (Å²) in [5.41, 5.74) is 5.23. The molecule has 3 nitrogen and oxygen atoms in total. The highest BCUT2D eigenvalue weighted by atomic mass is 127. The molecule has 0 aromatic rings. The van der Waals surface area contributed by atoms with Gasteiger partial charge in [-0.3, -0.25) is 9.79 Å². The number of nitrogens with two attached hydrogens (primary N) is 1. The fourth-order valence-electron chi connectivity index (χ4n) is 0.356. The molecule has 0 radical (unpaired) electrons. The molecule has 0 aromatic heterocycles. The Hall–Kier alpha value is -0.130. The van der Waals surface area contributed by atoms with Gasteiger partial charge in [-0.2, -0.15) is 0 Å². The van der Waals surface area contributed by atoms with Crippen LogP contribution < -0.4 is 5.73 Å². The Morgan fingerprint density at radius 1 is 1.78 bits per heavy atom. The average molecular weight is 240 g/mol. The third kappa shape index (κ3) is 4.38. The van der Waals surface area contributed by atoms with Crippen LogP contribution in [0.4, 0.5) is 0 Å². The van der Waals surface area contributed by atoms with E-state index in [-0.39, 0.29) is 9.83 Å². The SMILES string of the molecule is CC(N)=NC(C)C(=O)I. The maximum Gasteiger partial charge on any atom is 0.216 e. The molecule has 0 bridgehead atoms. The zero-order chi connectivity index (χ0) is 7.44. The third-order valence-electron chi connectivity index (χ3n) is 0.726. The summed E-state index contributed by atoms with van der Waals surface area (Å²) in [6.45, 7) is 3.38. The number of halogens is 1. The monoisotopic (exact) mass is 240 g/mol. The minimum Gasteiger partial charge on any atom is -0.388 e. The standard InChI is InChI=1S/C5H9IN2O/c1-3(5(6)9)8-4(2)7/h3H,1-2H3,(H2,7,8). The molecule has 0 spiro atoms. The zero-order valence-corrected chi connectivity index (χ0v) is 7.55. The van der Waals surface area contributed by atoms with Gasteiger partial charge < -0.3 is 5.73 Å². The second-order valence-electron chi connectivity index (χ2n) is 1.75. The van der Waals surface area contributed by atoms with Gasteiger partial charge in [0, 0.05) is 22.6 Å². The number of carbonyl (C=O) groups is 1. The number of carbonyl (C=O) groups excluding carboxylic acids is 1. The predicted octanol–water partition coefficient (Wildman–Crippen LogP) is 0.714. The molecule has 9 heavy (non-hydrogen) atoms. The van der Waals surface area contributed by atoms with Crippen molar-refractivity contribution >= 4 is 32.2 Å². The number of hydrogen-bond donors (Lipinski definition) is 1. The summed E-state index contributed by atoms with van der Waals surface area (Å²) in [6.07, 6.45) is 0. The molecular formula is C5H9IN2O. The third-order valence-corrected chi connectivity index (χ3v) is 1.63. The van der Waals surface area contributed by atoms with Crippen molar-refractivity contribution in [3.05, 3.63) is 0 Å². The van der Waals surface area contributed by atoms with Crippen LogP contribution in [0.15, 0.2) is 4.99 Å². The van der Waals surface area contributed by atoms with E-state index in [0.29, 0.717) is 5.84 Å². The lowest BCUT2D eigenvalue weighted by molar-refractivity contribution is -0.110. The number of amidine groups is 1. The summed E-state index contributed by atoms with van der Waals surface area (Å²) in [5.74, 6) is 0.451. The fourth-order valence-corrected chi connectivity index (χ4v) is 0.495. The second kappa shape index (κ2) is 3.81. The van der Waals surface area contributed by atoms with E-state index in [1.54, 1.807) is 36.4 Å². The Morgan fingerprint density at radius 2 is 2.22 bits per heavy atom. The van der Waals surface area contributed by atoms with Crippen molar-refractivity contribution in [1.29, 1.82) is 0 Å². The number of rotatable bonds is 2. The van der Waals surface area contributed by atoms with Crippen molar-refractivity contribution < 1.29 is 4.79 Å². The van der Waals surface area contributed by atoms with Crippen molar-refractivity contribution in [2.24, 2.45) is 10.7 Å². The first kappa shape index (κ1) is 8.87. The topological polar surface area (TPSA) is 55.4 Å². The highest BCUT2D eigenvalue weighted by Gasteiger charge is 2.04. The normalized spacial score (nSPS) is 15.2. The first-order chi connectivity index (χ1) is 4.04. The molecule has 0 heterocycles. The Bertz CT molecular complexity index is 140. The fraction of sp³-hybridized carbons (Fsp3) is 0.600. The molecule has 0 rings (SSSR count). The lowest BCUT2D eigenvalue weighted by Gasteiger charge is -1.97. The lowest BCUT2D eigenvalue weighted by atomic mass is 10.4. The van der Waals surface area contributed by atoms with Gasteiger partial charge in [-0.1, -0.05) is 0 Å². The van der Waals surface area contributed by atoms with E-state index in [4.69, 9.17) is 5.73 Å². The van der Waals surface area contributed by atoms with E-state index in [1.807, 2.05) is 0 Å². The molecule has 0 aliphatic rings. The van der Waals surface area contributed by atoms with Crippen molar-refractivity contribution in [3.63, 3.8) is 0 Å². The minimum atomic E-state index is -0.296. The van der Waals surface area contributed by atoms with Crippen molar-refractivity contribution in [2.75, 3.05) is 0 Å². The molecule has 1 unspecified atom stereocenters. The van der Waals surface area contributed by atoms with E-state index in [1.165, 1.54) is 0 Å². The second-order valence-corrected chi connectivity index (χ2v) is 2.81. The number of nitrogens with zero attached hydrogens (tertiary/aromatic N) is 1. The maximum atomic E-state index is 10.5. The maximum absolute atomic E-state index is 10.5. The van der Waals surface area contributed by atoms with E-state index >= 15 is 0 Å². The molecule has 0 fully saturated rings. The van der Waals surface area contributed by atoms with Crippen LogP contribution in [0.5, 0.6) is 0 Å². The molecule has 0 saturated heterocycles. The van der Waals surface area contributed by atoms with E-state index < -0.39 is 0 Å². The van der Waals surface area contributed by atoms with Crippen molar-refractivity contribution in [2.45, 2.75) is 19.9 Å². The van der Waals surface area contributed by atoms with Crippen LogP contribution in [0.2, 0.25) is 0 Å². The zero-order valence-electron chi connectivity index (χ0n) is 5.39. The smallest absolute Gasteiger partial charge is 0.216 e. The molecular weight excluding hydrogens is 231 g/mol. The first-order valence-corrected chi connectivity index (χ1v) is 3.61. The molecule has 52 valence electrons. The summed E-state index contributed by atoms with van der Waals surface area (Å²) in [7, 11) is 0. The highest BCUT2D eigenvalue weighted by Crippen LogP contribution is 1.97. The summed E-state index contributed by atoms with van der Waals surface area (Å²) >= 11 is 1.70. The molecule has 0 aliphatic carbocycles. The van der Waals surface area contributed by atoms with Crippen LogP contribution in [0.3, 0.4) is 0 Å². The quantitative estimate of drug-likeness (QED) is 0.334.